The van der Waals surface area contributed by atoms with Crippen molar-refractivity contribution in [3.8, 4) is 11.5 Å². The number of halogens is 1. The quantitative estimate of drug-likeness (QED) is 0.785. The van der Waals surface area contributed by atoms with Crippen molar-refractivity contribution >= 4 is 5.91 Å². The van der Waals surface area contributed by atoms with Crippen LogP contribution in [-0.2, 0) is 11.3 Å². The number of para-hydroxylation sites is 1. The van der Waals surface area contributed by atoms with Gasteiger partial charge >= 0.3 is 0 Å². The van der Waals surface area contributed by atoms with Crippen molar-refractivity contribution in [1.29, 1.82) is 0 Å². The Morgan fingerprint density at radius 2 is 2.07 bits per heavy atom. The van der Waals surface area contributed by atoms with Gasteiger partial charge in [-0.1, -0.05) is 24.3 Å². The summed E-state index contributed by atoms with van der Waals surface area (Å²) in [5.74, 6) is 1.06. The Balaban J connectivity index is 1.49. The molecule has 1 aliphatic rings. The van der Waals surface area contributed by atoms with Crippen molar-refractivity contribution in [2.24, 2.45) is 11.8 Å². The minimum Gasteiger partial charge on any atom is -0.496 e. The number of ether oxygens (including phenoxy) is 2. The summed E-state index contributed by atoms with van der Waals surface area (Å²) >= 11 is 0. The summed E-state index contributed by atoms with van der Waals surface area (Å²) in [7, 11) is 1.62. The third-order valence-corrected chi connectivity index (χ3v) is 4.74. The van der Waals surface area contributed by atoms with E-state index in [-0.39, 0.29) is 23.6 Å². The van der Waals surface area contributed by atoms with Gasteiger partial charge in [0.1, 0.15) is 17.3 Å². The molecular weight excluding hydrogens is 347 g/mol. The molecule has 1 fully saturated rings. The van der Waals surface area contributed by atoms with Gasteiger partial charge in [-0.25, -0.2) is 4.39 Å². The molecule has 0 unspecified atom stereocenters. The van der Waals surface area contributed by atoms with E-state index in [1.165, 1.54) is 12.1 Å². The number of methoxy groups -OCH3 is 1. The molecule has 27 heavy (non-hydrogen) atoms. The van der Waals surface area contributed by atoms with Crippen molar-refractivity contribution in [3.05, 3.63) is 59.9 Å². The highest BCUT2D eigenvalue weighted by Gasteiger charge is 2.27. The standard InChI is InChI=1S/C21H25FN2O3/c1-26-20-8-3-2-5-16(20)13-24-21(25)17-9-15(11-23-12-17)14-27-19-7-4-6-18(22)10-19/h2-8,10,15,17,23H,9,11-14H2,1H3,(H,24,25)/t15-,17+/m0/s1. The molecule has 0 bridgehead atoms. The Labute approximate surface area is 158 Å². The topological polar surface area (TPSA) is 59.6 Å². The van der Waals surface area contributed by atoms with Crippen molar-refractivity contribution in [1.82, 2.24) is 10.6 Å². The number of carbonyl (C=O) groups is 1. The van der Waals surface area contributed by atoms with Gasteiger partial charge in [-0.05, 0) is 24.6 Å². The van der Waals surface area contributed by atoms with Crippen molar-refractivity contribution in [3.63, 3.8) is 0 Å². The fraction of sp³-hybridized carbons (Fsp3) is 0.381. The van der Waals surface area contributed by atoms with Crippen LogP contribution in [0.2, 0.25) is 0 Å². The van der Waals surface area contributed by atoms with Crippen LogP contribution in [0.3, 0.4) is 0 Å². The summed E-state index contributed by atoms with van der Waals surface area (Å²) in [6.07, 6.45) is 0.736. The Morgan fingerprint density at radius 3 is 2.89 bits per heavy atom. The minimum atomic E-state index is -0.317. The molecule has 0 spiro atoms. The smallest absolute Gasteiger partial charge is 0.224 e. The number of piperidine rings is 1. The molecule has 1 aliphatic heterocycles. The number of amides is 1. The van der Waals surface area contributed by atoms with Gasteiger partial charge in [0.05, 0.1) is 19.6 Å². The molecular formula is C21H25FN2O3. The first-order valence-electron chi connectivity index (χ1n) is 9.14. The van der Waals surface area contributed by atoms with Crippen LogP contribution in [0, 0.1) is 17.7 Å². The lowest BCUT2D eigenvalue weighted by atomic mass is 9.90. The van der Waals surface area contributed by atoms with E-state index in [9.17, 15) is 9.18 Å². The number of hydrogen-bond acceptors (Lipinski definition) is 4. The lowest BCUT2D eigenvalue weighted by Gasteiger charge is -2.29. The van der Waals surface area contributed by atoms with Crippen molar-refractivity contribution < 1.29 is 18.7 Å². The van der Waals surface area contributed by atoms with Gasteiger partial charge < -0.3 is 20.1 Å². The summed E-state index contributed by atoms with van der Waals surface area (Å²) in [5.41, 5.74) is 0.947. The maximum Gasteiger partial charge on any atom is 0.224 e. The minimum absolute atomic E-state index is 0.0175. The second kappa shape index (κ2) is 9.37. The van der Waals surface area contributed by atoms with Crippen LogP contribution in [0.1, 0.15) is 12.0 Å². The molecule has 3 rings (SSSR count). The zero-order valence-corrected chi connectivity index (χ0v) is 15.4. The third kappa shape index (κ3) is 5.44. The Bertz CT molecular complexity index is 769. The molecule has 5 nitrogen and oxygen atoms in total. The Hall–Kier alpha value is -2.60. The first-order valence-corrected chi connectivity index (χ1v) is 9.14. The zero-order valence-electron chi connectivity index (χ0n) is 15.4. The summed E-state index contributed by atoms with van der Waals surface area (Å²) in [5, 5.41) is 6.29. The highest BCUT2D eigenvalue weighted by molar-refractivity contribution is 5.79. The van der Waals surface area contributed by atoms with Gasteiger partial charge in [0.15, 0.2) is 0 Å². The second-order valence-corrected chi connectivity index (χ2v) is 6.75. The molecule has 1 heterocycles. The van der Waals surface area contributed by atoms with Crippen molar-refractivity contribution in [2.75, 3.05) is 26.8 Å². The van der Waals surface area contributed by atoms with Crippen LogP contribution in [0.5, 0.6) is 11.5 Å². The molecule has 0 aliphatic carbocycles. The summed E-state index contributed by atoms with van der Waals surface area (Å²) in [4.78, 5) is 12.6. The van der Waals surface area contributed by atoms with Crippen LogP contribution in [0.4, 0.5) is 4.39 Å². The first kappa shape index (κ1) is 19.2. The second-order valence-electron chi connectivity index (χ2n) is 6.75. The maximum absolute atomic E-state index is 13.2. The van der Waals surface area contributed by atoms with E-state index in [1.54, 1.807) is 19.2 Å². The van der Waals surface area contributed by atoms with E-state index in [0.29, 0.717) is 25.4 Å². The van der Waals surface area contributed by atoms with Gasteiger partial charge in [-0.15, -0.1) is 0 Å². The lowest BCUT2D eigenvalue weighted by molar-refractivity contribution is -0.126. The Morgan fingerprint density at radius 1 is 1.22 bits per heavy atom. The SMILES string of the molecule is COc1ccccc1CNC(=O)[C@H]1CNC[C@@H](COc2cccc(F)c2)C1. The largest absolute Gasteiger partial charge is 0.496 e. The van der Waals surface area contributed by atoms with Gasteiger partial charge in [0.25, 0.3) is 0 Å². The molecule has 0 saturated carbocycles. The molecule has 6 heteroatoms. The van der Waals surface area contributed by atoms with Crippen molar-refractivity contribution in [2.45, 2.75) is 13.0 Å². The van der Waals surface area contributed by atoms with Gasteiger partial charge in [0.2, 0.25) is 5.91 Å². The summed E-state index contributed by atoms with van der Waals surface area (Å²) in [6.45, 7) is 2.32. The molecule has 2 aromatic rings. The van der Waals surface area contributed by atoms with E-state index in [0.717, 1.165) is 24.3 Å². The van der Waals surface area contributed by atoms with Crippen LogP contribution in [0.25, 0.3) is 0 Å². The van der Waals surface area contributed by atoms with Crippen LogP contribution < -0.4 is 20.1 Å². The fourth-order valence-electron chi connectivity index (χ4n) is 3.30. The number of rotatable bonds is 7. The highest BCUT2D eigenvalue weighted by Crippen LogP contribution is 2.21. The Kier molecular flexibility index (Phi) is 6.65. The molecule has 1 saturated heterocycles. The maximum atomic E-state index is 13.2. The number of carbonyl (C=O) groups excluding carboxylic acids is 1. The predicted molar refractivity (Wildman–Crippen MR) is 101 cm³/mol. The van der Waals surface area contributed by atoms with E-state index >= 15 is 0 Å². The molecule has 2 aromatic carbocycles. The molecule has 0 radical (unpaired) electrons. The predicted octanol–water partition coefficient (Wildman–Crippen LogP) is 2.76. The van der Waals surface area contributed by atoms with Gasteiger partial charge in [-0.2, -0.15) is 0 Å². The van der Waals surface area contributed by atoms with Crippen LogP contribution in [0.15, 0.2) is 48.5 Å². The van der Waals surface area contributed by atoms with E-state index in [1.807, 2.05) is 24.3 Å². The molecule has 2 atom stereocenters. The highest BCUT2D eigenvalue weighted by atomic mass is 19.1. The van der Waals surface area contributed by atoms with E-state index < -0.39 is 0 Å². The molecule has 144 valence electrons. The molecule has 0 aromatic heterocycles. The number of benzene rings is 2. The summed E-state index contributed by atoms with van der Waals surface area (Å²) in [6, 6.07) is 13.8. The van der Waals surface area contributed by atoms with Gasteiger partial charge in [-0.3, -0.25) is 4.79 Å². The van der Waals surface area contributed by atoms with E-state index in [2.05, 4.69) is 10.6 Å². The van der Waals surface area contributed by atoms with E-state index in [4.69, 9.17) is 9.47 Å². The first-order chi connectivity index (χ1) is 13.2. The fourth-order valence-corrected chi connectivity index (χ4v) is 3.30. The normalized spacial score (nSPS) is 19.3. The molecule has 2 N–H and O–H groups in total. The number of nitrogens with one attached hydrogen (secondary N) is 2. The summed E-state index contributed by atoms with van der Waals surface area (Å²) < 4.78 is 24.2. The lowest BCUT2D eigenvalue weighted by Crippen LogP contribution is -2.45. The molecule has 1 amide bonds. The van der Waals surface area contributed by atoms with Gasteiger partial charge in [0, 0.05) is 37.2 Å². The monoisotopic (exact) mass is 372 g/mol. The number of hydrogen-bond donors (Lipinski definition) is 2. The average molecular weight is 372 g/mol. The van der Waals surface area contributed by atoms with Crippen LogP contribution in [-0.4, -0.2) is 32.7 Å². The zero-order chi connectivity index (χ0) is 19.1. The van der Waals surface area contributed by atoms with Crippen LogP contribution >= 0.6 is 0 Å². The average Bonchev–Trinajstić information content (AvgIpc) is 2.71. The third-order valence-electron chi connectivity index (χ3n) is 4.74.